The van der Waals surface area contributed by atoms with Crippen LogP contribution in [0.15, 0.2) is 24.3 Å². The molecule has 1 aromatic rings. The fraction of sp³-hybridized carbons (Fsp3) is 0.600. The van der Waals surface area contributed by atoms with Crippen molar-refractivity contribution in [1.82, 2.24) is 10.2 Å². The predicted octanol–water partition coefficient (Wildman–Crippen LogP) is 1.08. The fourth-order valence-corrected chi connectivity index (χ4v) is 2.99. The smallest absolute Gasteiger partial charge is 0.122 e. The predicted molar refractivity (Wildman–Crippen MR) is 74.8 cm³/mol. The van der Waals surface area contributed by atoms with Crippen LogP contribution in [0.2, 0.25) is 0 Å². The average Bonchev–Trinajstić information content (AvgIpc) is 2.83. The second-order valence-corrected chi connectivity index (χ2v) is 5.36. The summed E-state index contributed by atoms with van der Waals surface area (Å²) < 4.78 is 11.5. The van der Waals surface area contributed by atoms with Crippen LogP contribution in [0.25, 0.3) is 0 Å². The van der Waals surface area contributed by atoms with Gasteiger partial charge in [-0.2, -0.15) is 0 Å². The molecule has 0 radical (unpaired) electrons. The van der Waals surface area contributed by atoms with Crippen molar-refractivity contribution in [3.8, 4) is 5.75 Å². The number of nitrogens with zero attached hydrogens (tertiary/aromatic N) is 1. The van der Waals surface area contributed by atoms with Crippen molar-refractivity contribution in [2.75, 3.05) is 46.4 Å². The molecular weight excluding hydrogens is 240 g/mol. The molecule has 2 unspecified atom stereocenters. The molecule has 4 heteroatoms. The van der Waals surface area contributed by atoms with Gasteiger partial charge < -0.3 is 14.8 Å². The van der Waals surface area contributed by atoms with Crippen molar-refractivity contribution in [2.45, 2.75) is 12.0 Å². The number of morpholine rings is 1. The van der Waals surface area contributed by atoms with Crippen LogP contribution in [-0.4, -0.2) is 57.4 Å². The first-order chi connectivity index (χ1) is 9.36. The Morgan fingerprint density at radius 2 is 2.26 bits per heavy atom. The van der Waals surface area contributed by atoms with Crippen molar-refractivity contribution in [3.05, 3.63) is 29.8 Å². The molecule has 104 valence electrons. The summed E-state index contributed by atoms with van der Waals surface area (Å²) in [6.45, 7) is 5.68. The van der Waals surface area contributed by atoms with Crippen LogP contribution in [0.5, 0.6) is 5.75 Å². The van der Waals surface area contributed by atoms with Crippen LogP contribution in [0, 0.1) is 0 Å². The van der Waals surface area contributed by atoms with E-state index in [-0.39, 0.29) is 0 Å². The highest BCUT2D eigenvalue weighted by Gasteiger charge is 2.28. The SMILES string of the molecule is CNCC1CN(CC2COc3ccccc32)CCO1. The van der Waals surface area contributed by atoms with Crippen molar-refractivity contribution in [2.24, 2.45) is 0 Å². The minimum absolute atomic E-state index is 0.316. The van der Waals surface area contributed by atoms with Gasteiger partial charge in [-0.05, 0) is 13.1 Å². The van der Waals surface area contributed by atoms with E-state index in [1.165, 1.54) is 5.56 Å². The summed E-state index contributed by atoms with van der Waals surface area (Å²) in [7, 11) is 1.98. The van der Waals surface area contributed by atoms with Crippen LogP contribution in [0.1, 0.15) is 11.5 Å². The van der Waals surface area contributed by atoms with E-state index in [0.29, 0.717) is 12.0 Å². The van der Waals surface area contributed by atoms with E-state index in [9.17, 15) is 0 Å². The van der Waals surface area contributed by atoms with E-state index in [0.717, 1.165) is 45.1 Å². The number of likely N-dealkylation sites (N-methyl/N-ethyl adjacent to an activating group) is 1. The fourth-order valence-electron chi connectivity index (χ4n) is 2.99. The molecule has 0 aliphatic carbocycles. The Balaban J connectivity index is 1.60. The summed E-state index contributed by atoms with van der Waals surface area (Å²) in [4.78, 5) is 2.50. The zero-order chi connectivity index (χ0) is 13.1. The zero-order valence-corrected chi connectivity index (χ0v) is 11.5. The Kier molecular flexibility index (Phi) is 4.01. The molecule has 2 heterocycles. The molecule has 0 aromatic heterocycles. The van der Waals surface area contributed by atoms with E-state index in [4.69, 9.17) is 9.47 Å². The summed E-state index contributed by atoms with van der Waals surface area (Å²) in [6, 6.07) is 8.40. The lowest BCUT2D eigenvalue weighted by molar-refractivity contribution is -0.0284. The van der Waals surface area contributed by atoms with E-state index >= 15 is 0 Å². The van der Waals surface area contributed by atoms with E-state index < -0.39 is 0 Å². The Morgan fingerprint density at radius 1 is 1.37 bits per heavy atom. The highest BCUT2D eigenvalue weighted by Crippen LogP contribution is 2.34. The first-order valence-corrected chi connectivity index (χ1v) is 7.07. The molecule has 1 aromatic carbocycles. The zero-order valence-electron chi connectivity index (χ0n) is 11.5. The lowest BCUT2D eigenvalue weighted by atomic mass is 10.0. The second kappa shape index (κ2) is 5.90. The monoisotopic (exact) mass is 262 g/mol. The lowest BCUT2D eigenvalue weighted by Crippen LogP contribution is -2.47. The molecule has 0 spiro atoms. The molecule has 2 atom stereocenters. The normalized spacial score (nSPS) is 27.0. The molecule has 1 saturated heterocycles. The first kappa shape index (κ1) is 12.9. The number of hydrogen-bond donors (Lipinski definition) is 1. The number of benzene rings is 1. The van der Waals surface area contributed by atoms with Crippen molar-refractivity contribution >= 4 is 0 Å². The molecular formula is C15H22N2O2. The van der Waals surface area contributed by atoms with Crippen LogP contribution in [-0.2, 0) is 4.74 Å². The van der Waals surface area contributed by atoms with E-state index in [1.807, 2.05) is 13.1 Å². The Labute approximate surface area is 114 Å². The Bertz CT molecular complexity index is 422. The van der Waals surface area contributed by atoms with E-state index in [1.54, 1.807) is 0 Å². The highest BCUT2D eigenvalue weighted by atomic mass is 16.5. The molecule has 1 fully saturated rings. The van der Waals surface area contributed by atoms with Crippen LogP contribution >= 0.6 is 0 Å². The second-order valence-electron chi connectivity index (χ2n) is 5.36. The van der Waals surface area contributed by atoms with Crippen LogP contribution in [0.4, 0.5) is 0 Å². The molecule has 0 bridgehead atoms. The molecule has 3 rings (SSSR count). The maximum Gasteiger partial charge on any atom is 0.122 e. The number of para-hydroxylation sites is 1. The molecule has 0 amide bonds. The van der Waals surface area contributed by atoms with Gasteiger partial charge in [0, 0.05) is 37.7 Å². The molecule has 19 heavy (non-hydrogen) atoms. The van der Waals surface area contributed by atoms with Gasteiger partial charge in [-0.25, -0.2) is 0 Å². The van der Waals surface area contributed by atoms with Gasteiger partial charge in [0.15, 0.2) is 0 Å². The Morgan fingerprint density at radius 3 is 3.16 bits per heavy atom. The van der Waals surface area contributed by atoms with Crippen LogP contribution < -0.4 is 10.1 Å². The highest BCUT2D eigenvalue weighted by molar-refractivity contribution is 5.39. The van der Waals surface area contributed by atoms with Gasteiger partial charge in [-0.1, -0.05) is 18.2 Å². The summed E-state index contributed by atoms with van der Waals surface area (Å²) in [5, 5.41) is 3.19. The maximum absolute atomic E-state index is 5.76. The van der Waals surface area contributed by atoms with Gasteiger partial charge in [-0.3, -0.25) is 4.90 Å². The maximum atomic E-state index is 5.76. The van der Waals surface area contributed by atoms with Crippen LogP contribution in [0.3, 0.4) is 0 Å². The van der Waals surface area contributed by atoms with Crippen molar-refractivity contribution < 1.29 is 9.47 Å². The van der Waals surface area contributed by atoms with Gasteiger partial charge in [0.2, 0.25) is 0 Å². The number of fused-ring (bicyclic) bond motifs is 1. The van der Waals surface area contributed by atoms with Crippen molar-refractivity contribution in [1.29, 1.82) is 0 Å². The third-order valence-electron chi connectivity index (χ3n) is 3.93. The Hall–Kier alpha value is -1.10. The molecule has 1 N–H and O–H groups in total. The lowest BCUT2D eigenvalue weighted by Gasteiger charge is -2.34. The first-order valence-electron chi connectivity index (χ1n) is 7.07. The number of ether oxygens (including phenoxy) is 2. The number of nitrogens with one attached hydrogen (secondary N) is 1. The molecule has 0 saturated carbocycles. The summed E-state index contributed by atoms with van der Waals surface area (Å²) in [5.41, 5.74) is 1.36. The number of hydrogen-bond acceptors (Lipinski definition) is 4. The quantitative estimate of drug-likeness (QED) is 0.880. The molecule has 2 aliphatic rings. The van der Waals surface area contributed by atoms with Gasteiger partial charge in [0.05, 0.1) is 19.3 Å². The third kappa shape index (κ3) is 2.91. The van der Waals surface area contributed by atoms with Gasteiger partial charge in [-0.15, -0.1) is 0 Å². The third-order valence-corrected chi connectivity index (χ3v) is 3.93. The standard InChI is InChI=1S/C15H22N2O2/c1-16-8-13-10-17(6-7-18-13)9-12-11-19-15-5-3-2-4-14(12)15/h2-5,12-13,16H,6-11H2,1H3. The topological polar surface area (TPSA) is 33.7 Å². The largest absolute Gasteiger partial charge is 0.493 e. The van der Waals surface area contributed by atoms with Crippen molar-refractivity contribution in [3.63, 3.8) is 0 Å². The minimum atomic E-state index is 0.316. The van der Waals surface area contributed by atoms with E-state index in [2.05, 4.69) is 28.4 Å². The van der Waals surface area contributed by atoms with Gasteiger partial charge in [0.25, 0.3) is 0 Å². The molecule has 4 nitrogen and oxygen atoms in total. The average molecular weight is 262 g/mol. The minimum Gasteiger partial charge on any atom is -0.493 e. The summed E-state index contributed by atoms with van der Waals surface area (Å²) >= 11 is 0. The summed E-state index contributed by atoms with van der Waals surface area (Å²) in [6.07, 6.45) is 0.316. The summed E-state index contributed by atoms with van der Waals surface area (Å²) in [5.74, 6) is 1.57. The molecule has 2 aliphatic heterocycles. The van der Waals surface area contributed by atoms with Gasteiger partial charge >= 0.3 is 0 Å². The van der Waals surface area contributed by atoms with Gasteiger partial charge in [0.1, 0.15) is 5.75 Å². The number of rotatable bonds is 4.